The summed E-state index contributed by atoms with van der Waals surface area (Å²) in [6.45, 7) is 12.3. The Kier molecular flexibility index (Phi) is 7.64. The molecule has 0 aliphatic carbocycles. The zero-order valence-corrected chi connectivity index (χ0v) is 31.2. The molecule has 0 N–H and O–H groups in total. The van der Waals surface area contributed by atoms with Crippen LogP contribution in [-0.2, 0) is 32.0 Å². The van der Waals surface area contributed by atoms with E-state index in [2.05, 4.69) is 84.7 Å². The van der Waals surface area contributed by atoms with Gasteiger partial charge in [0.2, 0.25) is 5.71 Å². The van der Waals surface area contributed by atoms with E-state index in [9.17, 15) is 0 Å². The third-order valence-electron chi connectivity index (χ3n) is 8.48. The molecule has 0 saturated carbocycles. The number of benzene rings is 3. The minimum Gasteiger partial charge on any atom is -0.486 e. The summed E-state index contributed by atoms with van der Waals surface area (Å²) < 4.78 is 48.1. The summed E-state index contributed by atoms with van der Waals surface area (Å²) in [4.78, 5) is 13.5. The fourth-order valence-electron chi connectivity index (χ4n) is 6.52. The van der Waals surface area contributed by atoms with Crippen molar-refractivity contribution < 1.29 is 31.4 Å². The minimum absolute atomic E-state index is 0. The Hall–Kier alpha value is -4.38. The van der Waals surface area contributed by atoms with Crippen molar-refractivity contribution in [3.05, 3.63) is 120 Å². The second-order valence-electron chi connectivity index (χ2n) is 14.2. The first-order chi connectivity index (χ1) is 24.9. The van der Waals surface area contributed by atoms with Crippen LogP contribution in [0.2, 0.25) is 0 Å². The summed E-state index contributed by atoms with van der Waals surface area (Å²) >= 11 is 0. The fourth-order valence-corrected chi connectivity index (χ4v) is 6.52. The van der Waals surface area contributed by atoms with Crippen molar-refractivity contribution in [3.8, 4) is 22.6 Å². The van der Waals surface area contributed by atoms with Gasteiger partial charge in [-0.3, -0.25) is 4.98 Å². The molecule has 3 aromatic carbocycles. The van der Waals surface area contributed by atoms with Gasteiger partial charge in [-0.1, -0.05) is 75.4 Å². The second-order valence-corrected chi connectivity index (χ2v) is 14.2. The Labute approximate surface area is 309 Å². The topological polar surface area (TPSA) is 56.7 Å². The molecule has 0 unspecified atom stereocenters. The van der Waals surface area contributed by atoms with Crippen LogP contribution in [0.3, 0.4) is 0 Å². The van der Waals surface area contributed by atoms with E-state index in [0.717, 1.165) is 22.3 Å². The quantitative estimate of drug-likeness (QED) is 0.166. The first kappa shape index (κ1) is 28.5. The van der Waals surface area contributed by atoms with Gasteiger partial charge in [-0.2, -0.15) is 0 Å². The Morgan fingerprint density at radius 2 is 1.80 bits per heavy atom. The van der Waals surface area contributed by atoms with E-state index < -0.39 is 18.6 Å². The molecule has 1 radical (unpaired) electrons. The predicted molar refractivity (Wildman–Crippen MR) is 198 cm³/mol. The van der Waals surface area contributed by atoms with Crippen molar-refractivity contribution in [1.29, 1.82) is 0 Å². The van der Waals surface area contributed by atoms with Gasteiger partial charge in [0, 0.05) is 49.8 Å². The number of para-hydroxylation sites is 1. The van der Waals surface area contributed by atoms with Gasteiger partial charge in [0.25, 0.3) is 0 Å². The van der Waals surface area contributed by atoms with Gasteiger partial charge in [0.1, 0.15) is 0 Å². The molecular formula is C43H42IrN4O-2. The molecule has 0 saturated heterocycles. The normalized spacial score (nSPS) is 15.8. The van der Waals surface area contributed by atoms with Crippen molar-refractivity contribution in [2.75, 3.05) is 0 Å². The maximum Gasteiger partial charge on any atom is 0.216 e. The van der Waals surface area contributed by atoms with Crippen LogP contribution in [0.1, 0.15) is 72.1 Å². The van der Waals surface area contributed by atoms with E-state index in [1.165, 1.54) is 22.7 Å². The molecule has 5 nitrogen and oxygen atoms in total. The molecule has 0 bridgehead atoms. The third-order valence-corrected chi connectivity index (χ3v) is 8.48. The number of fused-ring (bicyclic) bond motifs is 3. The van der Waals surface area contributed by atoms with Crippen LogP contribution >= 0.6 is 0 Å². The maximum atomic E-state index is 8.55. The number of rotatable bonds is 4. The van der Waals surface area contributed by atoms with E-state index >= 15 is 0 Å². The Bertz CT molecular complexity index is 2530. The molecule has 8 rings (SSSR count). The van der Waals surface area contributed by atoms with Crippen molar-refractivity contribution in [3.63, 3.8) is 0 Å². The Morgan fingerprint density at radius 1 is 0.959 bits per heavy atom. The molecule has 0 spiro atoms. The zero-order chi connectivity index (χ0) is 38.1. The average Bonchev–Trinajstić information content (AvgIpc) is 3.70. The number of hydrogen-bond acceptors (Lipinski definition) is 4. The molecule has 0 atom stereocenters. The zero-order valence-electron chi connectivity index (χ0n) is 33.8. The second kappa shape index (κ2) is 13.2. The smallest absolute Gasteiger partial charge is 0.216 e. The van der Waals surface area contributed by atoms with Gasteiger partial charge < -0.3 is 14.0 Å². The molecule has 6 heteroatoms. The SMILES string of the molecule is CC(C)C1=CC(C)(C)n2c(-c3[c-]cccc3)nc3cccc1c32.[2H]C([2H])([2H])c1ccc2c(n1)oc1c(-c3cc(C([2H])([2H])C(C)(C)C)ccn3)[c-]ccc12.[Ir]. The van der Waals surface area contributed by atoms with Gasteiger partial charge in [-0.25, -0.2) is 4.98 Å². The van der Waals surface area contributed by atoms with E-state index in [-0.39, 0.29) is 37.1 Å². The van der Waals surface area contributed by atoms with E-state index in [0.29, 0.717) is 33.7 Å². The number of furan rings is 1. The Balaban J connectivity index is 0.000000187. The molecule has 1 aliphatic heterocycles. The van der Waals surface area contributed by atoms with Gasteiger partial charge >= 0.3 is 0 Å². The maximum absolute atomic E-state index is 8.55. The molecule has 1 aliphatic rings. The number of allylic oxidation sites excluding steroid dienone is 2. The fraction of sp³-hybridized carbons (Fsp3) is 0.279. The largest absolute Gasteiger partial charge is 0.486 e. The average molecular weight is 828 g/mol. The molecule has 7 aromatic rings. The first-order valence-electron chi connectivity index (χ1n) is 18.8. The van der Waals surface area contributed by atoms with Crippen molar-refractivity contribution in [1.82, 2.24) is 19.5 Å². The van der Waals surface area contributed by atoms with Crippen LogP contribution < -0.4 is 0 Å². The molecule has 5 heterocycles. The monoisotopic (exact) mass is 828 g/mol. The summed E-state index contributed by atoms with van der Waals surface area (Å²) in [6, 6.07) is 31.1. The summed E-state index contributed by atoms with van der Waals surface area (Å²) in [5.74, 6) is 1.49. The number of pyridine rings is 2. The Morgan fingerprint density at radius 3 is 2.53 bits per heavy atom. The molecule has 0 amide bonds. The van der Waals surface area contributed by atoms with Crippen LogP contribution in [-0.4, -0.2) is 19.5 Å². The number of aryl methyl sites for hydroxylation is 1. The van der Waals surface area contributed by atoms with Gasteiger partial charge in [0.15, 0.2) is 0 Å². The molecule has 0 fully saturated rings. The molecule has 4 aromatic heterocycles. The minimum atomic E-state index is -2.32. The number of imidazole rings is 1. The number of hydrogen-bond donors (Lipinski definition) is 0. The van der Waals surface area contributed by atoms with Gasteiger partial charge in [-0.15, -0.1) is 54.1 Å². The van der Waals surface area contributed by atoms with Crippen molar-refractivity contribution in [2.24, 2.45) is 11.3 Å². The summed E-state index contributed by atoms with van der Waals surface area (Å²) in [5.41, 5.74) is 7.69. The van der Waals surface area contributed by atoms with Crippen LogP contribution in [0, 0.1) is 30.3 Å². The van der Waals surface area contributed by atoms with Crippen LogP contribution in [0.4, 0.5) is 0 Å². The van der Waals surface area contributed by atoms with Crippen molar-refractivity contribution in [2.45, 2.75) is 67.2 Å². The van der Waals surface area contributed by atoms with E-state index in [1.807, 2.05) is 45.0 Å². The summed E-state index contributed by atoms with van der Waals surface area (Å²) in [7, 11) is 0. The van der Waals surface area contributed by atoms with Gasteiger partial charge in [-0.05, 0) is 73.9 Å². The number of nitrogens with zero attached hydrogens (tertiary/aromatic N) is 4. The summed E-state index contributed by atoms with van der Waals surface area (Å²) in [6.07, 6.45) is 2.41. The van der Waals surface area contributed by atoms with Crippen LogP contribution in [0.15, 0.2) is 95.6 Å². The van der Waals surface area contributed by atoms with E-state index in [4.69, 9.17) is 16.3 Å². The molecule has 49 heavy (non-hydrogen) atoms. The van der Waals surface area contributed by atoms with Crippen LogP contribution in [0.25, 0.3) is 61.3 Å². The van der Waals surface area contributed by atoms with Crippen LogP contribution in [0.5, 0.6) is 0 Å². The first-order valence-corrected chi connectivity index (χ1v) is 16.3. The number of aromatic nitrogens is 4. The standard InChI is InChI=1S/C22H21N2O.C21H21N2.Ir/c1-14-8-9-17-16-6-5-7-18(20(16)25-21(17)24-14)19-12-15(10-11-23-19)13-22(2,3)4;1-14(2)17-13-21(3,4)23-19-16(17)11-8-12-18(19)22-20(23)15-9-6-5-7-10-15;/h5-6,8-12H,13H2,1-4H3;5-9,11-14H,1-4H3;/q2*-1;/i1D3,13D2;;. The predicted octanol–water partition coefficient (Wildman–Crippen LogP) is 11.0. The molecular weight excluding hydrogens is 781 g/mol. The van der Waals surface area contributed by atoms with E-state index in [1.54, 1.807) is 30.5 Å². The van der Waals surface area contributed by atoms with Crippen molar-refractivity contribution >= 4 is 38.7 Å². The third kappa shape index (κ3) is 6.65. The van der Waals surface area contributed by atoms with Gasteiger partial charge in [0.05, 0.1) is 28.0 Å². The molecule has 251 valence electrons. The summed E-state index contributed by atoms with van der Waals surface area (Å²) in [5, 5.41) is 1.48.